The topological polar surface area (TPSA) is 49.3 Å². The predicted molar refractivity (Wildman–Crippen MR) is 91.9 cm³/mol. The van der Waals surface area contributed by atoms with Gasteiger partial charge in [0.05, 0.1) is 5.41 Å². The predicted octanol–water partition coefficient (Wildman–Crippen LogP) is 2.19. The summed E-state index contributed by atoms with van der Waals surface area (Å²) in [6.45, 7) is 3.80. The fourth-order valence-electron chi connectivity index (χ4n) is 4.99. The molecule has 0 N–H and O–H groups in total. The lowest BCUT2D eigenvalue weighted by Gasteiger charge is -2.39. The summed E-state index contributed by atoms with van der Waals surface area (Å²) in [5.41, 5.74) is 2.42. The molecule has 1 saturated carbocycles. The number of fused-ring (bicyclic) bond motifs is 1. The van der Waals surface area contributed by atoms with Gasteiger partial charge < -0.3 is 9.80 Å². The van der Waals surface area contributed by atoms with Gasteiger partial charge in [-0.2, -0.15) is 0 Å². The monoisotopic (exact) mass is 326 g/mol. The van der Waals surface area contributed by atoms with Crippen LogP contribution in [-0.2, 0) is 17.6 Å². The van der Waals surface area contributed by atoms with E-state index in [2.05, 4.69) is 19.8 Å². The van der Waals surface area contributed by atoms with Crippen LogP contribution in [0.3, 0.4) is 0 Å². The molecule has 1 aromatic rings. The van der Waals surface area contributed by atoms with Crippen molar-refractivity contribution in [1.82, 2.24) is 14.9 Å². The van der Waals surface area contributed by atoms with E-state index < -0.39 is 0 Å². The van der Waals surface area contributed by atoms with E-state index in [0.29, 0.717) is 5.91 Å². The molecule has 3 fully saturated rings. The zero-order valence-corrected chi connectivity index (χ0v) is 14.3. The first kappa shape index (κ1) is 14.7. The van der Waals surface area contributed by atoms with Gasteiger partial charge in [0, 0.05) is 37.4 Å². The van der Waals surface area contributed by atoms with Gasteiger partial charge in [-0.3, -0.25) is 4.79 Å². The number of likely N-dealkylation sites (tertiary alicyclic amines) is 1. The average molecular weight is 326 g/mol. The van der Waals surface area contributed by atoms with Crippen LogP contribution < -0.4 is 4.90 Å². The zero-order chi connectivity index (χ0) is 16.1. The lowest BCUT2D eigenvalue weighted by atomic mass is 9.78. The third-order valence-electron chi connectivity index (χ3n) is 6.51. The SMILES string of the molecule is O=C1N(CC2CC2)CCCC12CCN(c1ncnc3c1CCC3)C2. The van der Waals surface area contributed by atoms with E-state index in [1.54, 1.807) is 6.33 Å². The average Bonchev–Trinajstić information content (AvgIpc) is 3.11. The molecule has 2 aliphatic carbocycles. The number of piperidine rings is 1. The second-order valence-electron chi connectivity index (χ2n) is 8.23. The number of carbonyl (C=O) groups is 1. The highest BCUT2D eigenvalue weighted by atomic mass is 16.2. The summed E-state index contributed by atoms with van der Waals surface area (Å²) in [7, 11) is 0. The first-order chi connectivity index (χ1) is 11.8. The Morgan fingerprint density at radius 3 is 2.92 bits per heavy atom. The molecule has 0 aromatic carbocycles. The Labute approximate surface area is 143 Å². The van der Waals surface area contributed by atoms with Gasteiger partial charge in [-0.25, -0.2) is 9.97 Å². The van der Waals surface area contributed by atoms with Crippen LogP contribution in [0.2, 0.25) is 0 Å². The van der Waals surface area contributed by atoms with Gasteiger partial charge in [0.15, 0.2) is 0 Å². The highest BCUT2D eigenvalue weighted by molar-refractivity contribution is 5.85. The van der Waals surface area contributed by atoms with Gasteiger partial charge in [-0.1, -0.05) is 0 Å². The lowest BCUT2D eigenvalue weighted by Crippen LogP contribution is -2.50. The summed E-state index contributed by atoms with van der Waals surface area (Å²) in [5.74, 6) is 2.32. The van der Waals surface area contributed by atoms with Crippen molar-refractivity contribution in [3.63, 3.8) is 0 Å². The second-order valence-corrected chi connectivity index (χ2v) is 8.23. The molecule has 5 rings (SSSR count). The molecule has 1 amide bonds. The van der Waals surface area contributed by atoms with E-state index in [9.17, 15) is 4.79 Å². The standard InChI is InChI=1S/C19H26N4O/c24-18-19(7-2-9-22(18)11-14-5-6-14)8-10-23(12-19)17-15-3-1-4-16(15)20-13-21-17/h13-14H,1-12H2. The Kier molecular flexibility index (Phi) is 3.32. The number of anilines is 1. The van der Waals surface area contributed by atoms with Crippen molar-refractivity contribution < 1.29 is 4.79 Å². The fourth-order valence-corrected chi connectivity index (χ4v) is 4.99. The van der Waals surface area contributed by atoms with Gasteiger partial charge in [0.1, 0.15) is 12.1 Å². The Morgan fingerprint density at radius 1 is 1.12 bits per heavy atom. The van der Waals surface area contributed by atoms with Crippen molar-refractivity contribution in [3.05, 3.63) is 17.6 Å². The van der Waals surface area contributed by atoms with Gasteiger partial charge in [-0.05, 0) is 57.3 Å². The normalized spacial score (nSPS) is 29.6. The van der Waals surface area contributed by atoms with Crippen LogP contribution in [0, 0.1) is 11.3 Å². The number of hydrogen-bond acceptors (Lipinski definition) is 4. The third-order valence-corrected chi connectivity index (χ3v) is 6.51. The molecule has 0 bridgehead atoms. The number of hydrogen-bond donors (Lipinski definition) is 0. The molecule has 1 aromatic heterocycles. The maximum atomic E-state index is 13.2. The highest BCUT2D eigenvalue weighted by Crippen LogP contribution is 2.43. The Hall–Kier alpha value is -1.65. The maximum Gasteiger partial charge on any atom is 0.230 e. The Bertz CT molecular complexity index is 671. The summed E-state index contributed by atoms with van der Waals surface area (Å²) in [4.78, 5) is 26.8. The summed E-state index contributed by atoms with van der Waals surface area (Å²) in [5, 5.41) is 0. The summed E-state index contributed by atoms with van der Waals surface area (Å²) >= 11 is 0. The highest BCUT2D eigenvalue weighted by Gasteiger charge is 2.49. The first-order valence-electron chi connectivity index (χ1n) is 9.62. The van der Waals surface area contributed by atoms with Crippen LogP contribution in [0.15, 0.2) is 6.33 Å². The fraction of sp³-hybridized carbons (Fsp3) is 0.737. The first-order valence-corrected chi connectivity index (χ1v) is 9.62. The van der Waals surface area contributed by atoms with Crippen molar-refractivity contribution in [2.45, 2.75) is 51.4 Å². The Balaban J connectivity index is 1.38. The van der Waals surface area contributed by atoms with Crippen molar-refractivity contribution in [3.8, 4) is 0 Å². The largest absolute Gasteiger partial charge is 0.355 e. The molecule has 2 saturated heterocycles. The van der Waals surface area contributed by atoms with Gasteiger partial charge >= 0.3 is 0 Å². The molecule has 24 heavy (non-hydrogen) atoms. The zero-order valence-electron chi connectivity index (χ0n) is 14.3. The van der Waals surface area contributed by atoms with Crippen LogP contribution in [0.4, 0.5) is 5.82 Å². The quantitative estimate of drug-likeness (QED) is 0.854. The molecule has 1 spiro atoms. The maximum absolute atomic E-state index is 13.2. The van der Waals surface area contributed by atoms with Crippen molar-refractivity contribution >= 4 is 11.7 Å². The van der Waals surface area contributed by atoms with Gasteiger partial charge in [0.2, 0.25) is 5.91 Å². The van der Waals surface area contributed by atoms with Crippen LogP contribution in [-0.4, -0.2) is 47.0 Å². The molecule has 128 valence electrons. The second kappa shape index (κ2) is 5.43. The van der Waals surface area contributed by atoms with E-state index in [1.165, 1.54) is 30.5 Å². The van der Waals surface area contributed by atoms with Crippen molar-refractivity contribution in [1.29, 1.82) is 0 Å². The molecule has 3 heterocycles. The smallest absolute Gasteiger partial charge is 0.230 e. The number of amides is 1. The van der Waals surface area contributed by atoms with Crippen molar-refractivity contribution in [2.75, 3.05) is 31.1 Å². The molecule has 0 radical (unpaired) electrons. The molecule has 1 unspecified atom stereocenters. The molecular weight excluding hydrogens is 300 g/mol. The third kappa shape index (κ3) is 2.32. The number of aromatic nitrogens is 2. The lowest BCUT2D eigenvalue weighted by molar-refractivity contribution is -0.145. The number of aryl methyl sites for hydroxylation is 1. The number of rotatable bonds is 3. The number of nitrogens with zero attached hydrogens (tertiary/aromatic N) is 4. The molecule has 1 atom stereocenters. The molecule has 4 aliphatic rings. The summed E-state index contributed by atoms with van der Waals surface area (Å²) in [6, 6.07) is 0. The van der Waals surface area contributed by atoms with Crippen LogP contribution in [0.1, 0.15) is 49.8 Å². The Morgan fingerprint density at radius 2 is 2.04 bits per heavy atom. The number of carbonyl (C=O) groups excluding carboxylic acids is 1. The van der Waals surface area contributed by atoms with E-state index >= 15 is 0 Å². The minimum Gasteiger partial charge on any atom is -0.355 e. The minimum absolute atomic E-state index is 0.149. The van der Waals surface area contributed by atoms with Crippen LogP contribution in [0.25, 0.3) is 0 Å². The van der Waals surface area contributed by atoms with Gasteiger partial charge in [-0.15, -0.1) is 0 Å². The summed E-state index contributed by atoms with van der Waals surface area (Å²) in [6.07, 6.45) is 10.9. The molecule has 5 heteroatoms. The molecule has 5 nitrogen and oxygen atoms in total. The minimum atomic E-state index is -0.149. The van der Waals surface area contributed by atoms with Crippen LogP contribution in [0.5, 0.6) is 0 Å². The summed E-state index contributed by atoms with van der Waals surface area (Å²) < 4.78 is 0. The van der Waals surface area contributed by atoms with Gasteiger partial charge in [0.25, 0.3) is 0 Å². The molecule has 2 aliphatic heterocycles. The van der Waals surface area contributed by atoms with E-state index in [4.69, 9.17) is 0 Å². The van der Waals surface area contributed by atoms with E-state index in [1.807, 2.05) is 0 Å². The van der Waals surface area contributed by atoms with Crippen LogP contribution >= 0.6 is 0 Å². The van der Waals surface area contributed by atoms with Crippen molar-refractivity contribution in [2.24, 2.45) is 11.3 Å². The molecular formula is C19H26N4O. The van der Waals surface area contributed by atoms with E-state index in [-0.39, 0.29) is 5.41 Å². The van der Waals surface area contributed by atoms with E-state index in [0.717, 1.165) is 70.0 Å².